The second kappa shape index (κ2) is 2.92. The molecule has 14 heavy (non-hydrogen) atoms. The monoisotopic (exact) mass is 201 g/mol. The van der Waals surface area contributed by atoms with E-state index in [0.29, 0.717) is 0 Å². The highest BCUT2D eigenvalue weighted by Crippen LogP contribution is 2.19. The second-order valence-corrected chi connectivity index (χ2v) is 3.66. The Labute approximate surface area is 84.7 Å². The normalized spacial score (nSPS) is 10.9. The van der Waals surface area contributed by atoms with Crippen LogP contribution >= 0.6 is 11.3 Å². The second-order valence-electron chi connectivity index (χ2n) is 2.95. The van der Waals surface area contributed by atoms with Crippen molar-refractivity contribution in [1.29, 1.82) is 0 Å². The largest absolute Gasteiger partial charge is 0.298 e. The number of rotatable bonds is 1. The standard InChI is InChI=1S/C10H7N3S/c1-2-4-13-9(5-11-10(13)3-1)8-6-14-7-12-8/h1-7H. The van der Waals surface area contributed by atoms with Crippen LogP contribution < -0.4 is 0 Å². The van der Waals surface area contributed by atoms with E-state index in [1.54, 1.807) is 11.3 Å². The summed E-state index contributed by atoms with van der Waals surface area (Å²) >= 11 is 1.59. The molecule has 0 aliphatic carbocycles. The molecule has 3 aromatic heterocycles. The molecule has 0 unspecified atom stereocenters. The van der Waals surface area contributed by atoms with E-state index in [0.717, 1.165) is 17.0 Å². The highest BCUT2D eigenvalue weighted by molar-refractivity contribution is 7.07. The molecule has 0 spiro atoms. The van der Waals surface area contributed by atoms with Gasteiger partial charge in [0.1, 0.15) is 5.65 Å². The molecule has 4 heteroatoms. The fourth-order valence-electron chi connectivity index (χ4n) is 1.46. The minimum atomic E-state index is 0.954. The lowest BCUT2D eigenvalue weighted by atomic mass is 10.3. The lowest BCUT2D eigenvalue weighted by Gasteiger charge is -1.96. The molecule has 0 aromatic carbocycles. The summed E-state index contributed by atoms with van der Waals surface area (Å²) in [5.74, 6) is 0. The summed E-state index contributed by atoms with van der Waals surface area (Å²) in [5.41, 5.74) is 4.81. The van der Waals surface area contributed by atoms with Gasteiger partial charge in [-0.3, -0.25) is 4.40 Å². The smallest absolute Gasteiger partial charge is 0.137 e. The van der Waals surface area contributed by atoms with Crippen LogP contribution in [0.25, 0.3) is 17.0 Å². The van der Waals surface area contributed by atoms with Gasteiger partial charge >= 0.3 is 0 Å². The number of thiazole rings is 1. The molecular weight excluding hydrogens is 194 g/mol. The molecule has 3 nitrogen and oxygen atoms in total. The number of imidazole rings is 1. The Morgan fingerprint density at radius 3 is 3.07 bits per heavy atom. The van der Waals surface area contributed by atoms with Crippen LogP contribution in [-0.2, 0) is 0 Å². The van der Waals surface area contributed by atoms with Gasteiger partial charge in [-0.25, -0.2) is 9.97 Å². The Kier molecular flexibility index (Phi) is 1.61. The molecule has 0 amide bonds. The van der Waals surface area contributed by atoms with Crippen LogP contribution in [0.3, 0.4) is 0 Å². The Balaban J connectivity index is 2.33. The van der Waals surface area contributed by atoms with Crippen LogP contribution in [0.5, 0.6) is 0 Å². The first kappa shape index (κ1) is 7.70. The Morgan fingerprint density at radius 1 is 1.21 bits per heavy atom. The van der Waals surface area contributed by atoms with E-state index in [4.69, 9.17) is 0 Å². The summed E-state index contributed by atoms with van der Waals surface area (Å²) in [4.78, 5) is 8.57. The highest BCUT2D eigenvalue weighted by Gasteiger charge is 2.05. The summed E-state index contributed by atoms with van der Waals surface area (Å²) < 4.78 is 2.04. The number of fused-ring (bicyclic) bond motifs is 1. The third-order valence-electron chi connectivity index (χ3n) is 2.11. The van der Waals surface area contributed by atoms with E-state index in [1.165, 1.54) is 0 Å². The first-order valence-electron chi connectivity index (χ1n) is 4.26. The van der Waals surface area contributed by atoms with Crippen molar-refractivity contribution in [3.8, 4) is 11.4 Å². The van der Waals surface area contributed by atoms with Crippen molar-refractivity contribution in [3.05, 3.63) is 41.5 Å². The first-order valence-corrected chi connectivity index (χ1v) is 5.20. The number of hydrogen-bond acceptors (Lipinski definition) is 3. The van der Waals surface area contributed by atoms with Crippen molar-refractivity contribution in [2.75, 3.05) is 0 Å². The van der Waals surface area contributed by atoms with E-state index in [1.807, 2.05) is 45.9 Å². The molecule has 0 atom stereocenters. The van der Waals surface area contributed by atoms with E-state index in [-0.39, 0.29) is 0 Å². The van der Waals surface area contributed by atoms with Gasteiger partial charge in [0.25, 0.3) is 0 Å². The predicted octanol–water partition coefficient (Wildman–Crippen LogP) is 2.46. The molecule has 0 bridgehead atoms. The average Bonchev–Trinajstić information content (AvgIpc) is 2.85. The van der Waals surface area contributed by atoms with Gasteiger partial charge in [-0.2, -0.15) is 0 Å². The van der Waals surface area contributed by atoms with Crippen LogP contribution in [0.2, 0.25) is 0 Å². The van der Waals surface area contributed by atoms with Crippen molar-refractivity contribution < 1.29 is 0 Å². The van der Waals surface area contributed by atoms with Gasteiger partial charge in [-0.05, 0) is 12.1 Å². The van der Waals surface area contributed by atoms with E-state index < -0.39 is 0 Å². The number of pyridine rings is 1. The summed E-state index contributed by atoms with van der Waals surface area (Å²) in [7, 11) is 0. The highest BCUT2D eigenvalue weighted by atomic mass is 32.1. The van der Waals surface area contributed by atoms with Gasteiger partial charge in [-0.1, -0.05) is 6.07 Å². The van der Waals surface area contributed by atoms with Crippen molar-refractivity contribution in [1.82, 2.24) is 14.4 Å². The lowest BCUT2D eigenvalue weighted by molar-refractivity contribution is 1.18. The summed E-state index contributed by atoms with van der Waals surface area (Å²) in [6.45, 7) is 0. The average molecular weight is 201 g/mol. The topological polar surface area (TPSA) is 30.2 Å². The van der Waals surface area contributed by atoms with Crippen LogP contribution in [0.4, 0.5) is 0 Å². The van der Waals surface area contributed by atoms with Crippen molar-refractivity contribution in [3.63, 3.8) is 0 Å². The van der Waals surface area contributed by atoms with Gasteiger partial charge in [-0.15, -0.1) is 11.3 Å². The molecule has 0 saturated carbocycles. The summed E-state index contributed by atoms with van der Waals surface area (Å²) in [5, 5.41) is 2.02. The fraction of sp³-hybridized carbons (Fsp3) is 0. The molecule has 68 valence electrons. The zero-order valence-electron chi connectivity index (χ0n) is 7.29. The van der Waals surface area contributed by atoms with Crippen LogP contribution in [0, 0.1) is 0 Å². The zero-order chi connectivity index (χ0) is 9.38. The van der Waals surface area contributed by atoms with Crippen LogP contribution in [-0.4, -0.2) is 14.4 Å². The van der Waals surface area contributed by atoms with Crippen molar-refractivity contribution >= 4 is 17.0 Å². The van der Waals surface area contributed by atoms with Gasteiger partial charge in [0, 0.05) is 11.6 Å². The third kappa shape index (κ3) is 1.04. The quantitative estimate of drug-likeness (QED) is 0.605. The molecule has 0 radical (unpaired) electrons. The Bertz CT molecular complexity index is 554. The molecule has 0 aliphatic heterocycles. The number of aromatic nitrogens is 3. The molecule has 3 aromatic rings. The van der Waals surface area contributed by atoms with Gasteiger partial charge in [0.15, 0.2) is 0 Å². The number of hydrogen-bond donors (Lipinski definition) is 0. The van der Waals surface area contributed by atoms with Gasteiger partial charge in [0.05, 0.1) is 23.1 Å². The van der Waals surface area contributed by atoms with Gasteiger partial charge < -0.3 is 0 Å². The maximum Gasteiger partial charge on any atom is 0.137 e. The SMILES string of the molecule is c1ccn2c(-c3cscn3)cnc2c1. The first-order chi connectivity index (χ1) is 6.95. The van der Waals surface area contributed by atoms with E-state index in [9.17, 15) is 0 Å². The van der Waals surface area contributed by atoms with E-state index >= 15 is 0 Å². The summed E-state index contributed by atoms with van der Waals surface area (Å²) in [6, 6.07) is 5.95. The molecule has 3 heterocycles. The minimum absolute atomic E-state index is 0.954. The third-order valence-corrected chi connectivity index (χ3v) is 2.70. The molecule has 0 saturated heterocycles. The molecule has 0 aliphatic rings. The van der Waals surface area contributed by atoms with Crippen molar-refractivity contribution in [2.45, 2.75) is 0 Å². The van der Waals surface area contributed by atoms with Crippen LogP contribution in [0.15, 0.2) is 41.5 Å². The van der Waals surface area contributed by atoms with Gasteiger partial charge in [0.2, 0.25) is 0 Å². The molecule has 0 N–H and O–H groups in total. The minimum Gasteiger partial charge on any atom is -0.298 e. The van der Waals surface area contributed by atoms with Crippen LogP contribution in [0.1, 0.15) is 0 Å². The van der Waals surface area contributed by atoms with Crippen molar-refractivity contribution in [2.24, 2.45) is 0 Å². The molecule has 3 rings (SSSR count). The fourth-order valence-corrected chi connectivity index (χ4v) is 2.01. The molecule has 0 fully saturated rings. The number of nitrogens with zero attached hydrogens (tertiary/aromatic N) is 3. The maximum absolute atomic E-state index is 4.30. The Morgan fingerprint density at radius 2 is 2.21 bits per heavy atom. The maximum atomic E-state index is 4.30. The summed E-state index contributed by atoms with van der Waals surface area (Å²) in [6.07, 6.45) is 3.85. The molecular formula is C10H7N3S. The lowest BCUT2D eigenvalue weighted by Crippen LogP contribution is -1.86. The van der Waals surface area contributed by atoms with E-state index in [2.05, 4.69) is 9.97 Å². The predicted molar refractivity (Wildman–Crippen MR) is 56.3 cm³/mol. The Hall–Kier alpha value is -1.68. The zero-order valence-corrected chi connectivity index (χ0v) is 8.11.